The molecule has 1 fully saturated rings. The smallest absolute Gasteiger partial charge is 0.268 e. The number of nitrogens with zero attached hydrogens (tertiary/aromatic N) is 2. The number of amides is 2. The first-order valence-electron chi connectivity index (χ1n) is 10.9. The summed E-state index contributed by atoms with van der Waals surface area (Å²) in [5.41, 5.74) is 5.45. The van der Waals surface area contributed by atoms with Crippen molar-refractivity contribution in [3.8, 4) is 0 Å². The standard InChI is InChI=1S/C28H26N2O2S/c1-18(2)22-11-9-21(10-12-22)17-25-26(31)29(23-13-5-19(3)6-14-23)28(33)30(27(25)32)24-15-7-20(4)8-16-24/h5-18H,1-4H3. The Hall–Kier alpha value is -3.57. The molecule has 2 amide bonds. The Kier molecular flexibility index (Phi) is 6.25. The third-order valence-corrected chi connectivity index (χ3v) is 6.11. The lowest BCUT2D eigenvalue weighted by Gasteiger charge is -2.36. The second-order valence-corrected chi connectivity index (χ2v) is 8.98. The second-order valence-electron chi connectivity index (χ2n) is 8.61. The number of carbonyl (C=O) groups excluding carboxylic acids is 2. The van der Waals surface area contributed by atoms with E-state index in [4.69, 9.17) is 12.2 Å². The molecule has 1 saturated heterocycles. The van der Waals surface area contributed by atoms with Gasteiger partial charge in [0.15, 0.2) is 5.11 Å². The Bertz CT molecular complexity index is 1170. The van der Waals surface area contributed by atoms with Gasteiger partial charge in [-0.3, -0.25) is 19.4 Å². The van der Waals surface area contributed by atoms with Crippen molar-refractivity contribution in [3.63, 3.8) is 0 Å². The van der Waals surface area contributed by atoms with Crippen LogP contribution < -0.4 is 9.80 Å². The van der Waals surface area contributed by atoms with Crippen LogP contribution in [0, 0.1) is 13.8 Å². The Morgan fingerprint density at radius 1 is 0.697 bits per heavy atom. The summed E-state index contributed by atoms with van der Waals surface area (Å²) in [5, 5.41) is 0.144. The molecule has 0 atom stereocenters. The molecule has 0 saturated carbocycles. The van der Waals surface area contributed by atoms with E-state index in [2.05, 4.69) is 13.8 Å². The minimum absolute atomic E-state index is 0.0713. The normalized spacial score (nSPS) is 14.3. The number of thiocarbonyl (C=S) groups is 1. The average molecular weight is 455 g/mol. The average Bonchev–Trinajstić information content (AvgIpc) is 2.79. The van der Waals surface area contributed by atoms with Gasteiger partial charge in [0.05, 0.1) is 11.4 Å². The molecule has 5 heteroatoms. The first kappa shape index (κ1) is 22.6. The molecule has 0 aromatic heterocycles. The quantitative estimate of drug-likeness (QED) is 0.269. The molecule has 33 heavy (non-hydrogen) atoms. The van der Waals surface area contributed by atoms with Crippen LogP contribution >= 0.6 is 12.2 Å². The Morgan fingerprint density at radius 3 is 1.52 bits per heavy atom. The summed E-state index contributed by atoms with van der Waals surface area (Å²) >= 11 is 5.68. The molecule has 0 aliphatic carbocycles. The summed E-state index contributed by atoms with van der Waals surface area (Å²) in [6.45, 7) is 8.21. The summed E-state index contributed by atoms with van der Waals surface area (Å²) in [6, 6.07) is 23.0. The zero-order chi connectivity index (χ0) is 23.7. The van der Waals surface area contributed by atoms with Crippen LogP contribution in [0.25, 0.3) is 6.08 Å². The zero-order valence-corrected chi connectivity index (χ0v) is 20.0. The predicted octanol–water partition coefficient (Wildman–Crippen LogP) is 6.18. The van der Waals surface area contributed by atoms with Gasteiger partial charge in [-0.2, -0.15) is 0 Å². The molecular weight excluding hydrogens is 428 g/mol. The Morgan fingerprint density at radius 2 is 1.12 bits per heavy atom. The molecule has 0 unspecified atom stereocenters. The molecule has 3 aromatic carbocycles. The van der Waals surface area contributed by atoms with Crippen molar-refractivity contribution in [2.75, 3.05) is 9.80 Å². The molecule has 166 valence electrons. The van der Waals surface area contributed by atoms with Gasteiger partial charge >= 0.3 is 0 Å². The van der Waals surface area contributed by atoms with Gasteiger partial charge in [0.25, 0.3) is 11.8 Å². The molecule has 1 aliphatic heterocycles. The molecule has 4 nitrogen and oxygen atoms in total. The zero-order valence-electron chi connectivity index (χ0n) is 19.2. The fourth-order valence-electron chi connectivity index (χ4n) is 3.72. The van der Waals surface area contributed by atoms with E-state index in [0.717, 1.165) is 16.7 Å². The molecule has 3 aromatic rings. The van der Waals surface area contributed by atoms with Crippen molar-refractivity contribution in [1.82, 2.24) is 0 Å². The number of aryl methyl sites for hydroxylation is 2. The van der Waals surface area contributed by atoms with Crippen LogP contribution in [0.2, 0.25) is 0 Å². The molecule has 4 rings (SSSR count). The topological polar surface area (TPSA) is 40.6 Å². The first-order valence-corrected chi connectivity index (χ1v) is 11.3. The minimum atomic E-state index is -0.426. The monoisotopic (exact) mass is 454 g/mol. The Labute approximate surface area is 200 Å². The fourth-order valence-corrected chi connectivity index (χ4v) is 4.09. The molecular formula is C28H26N2O2S. The predicted molar refractivity (Wildman–Crippen MR) is 138 cm³/mol. The molecule has 1 heterocycles. The van der Waals surface area contributed by atoms with Crippen molar-refractivity contribution in [2.24, 2.45) is 0 Å². The van der Waals surface area contributed by atoms with Crippen LogP contribution in [0.4, 0.5) is 11.4 Å². The highest BCUT2D eigenvalue weighted by Gasteiger charge is 2.41. The number of rotatable bonds is 4. The van der Waals surface area contributed by atoms with E-state index in [9.17, 15) is 9.59 Å². The highest BCUT2D eigenvalue weighted by atomic mass is 32.1. The highest BCUT2D eigenvalue weighted by Crippen LogP contribution is 2.30. The van der Waals surface area contributed by atoms with Crippen molar-refractivity contribution < 1.29 is 9.59 Å². The van der Waals surface area contributed by atoms with Crippen molar-refractivity contribution in [3.05, 3.63) is 101 Å². The minimum Gasteiger partial charge on any atom is -0.268 e. The van der Waals surface area contributed by atoms with Gasteiger partial charge in [-0.25, -0.2) is 0 Å². The van der Waals surface area contributed by atoms with Crippen LogP contribution in [0.15, 0.2) is 78.4 Å². The largest absolute Gasteiger partial charge is 0.270 e. The van der Waals surface area contributed by atoms with Crippen LogP contribution in [0.1, 0.15) is 42.0 Å². The maximum absolute atomic E-state index is 13.6. The van der Waals surface area contributed by atoms with E-state index in [0.29, 0.717) is 17.3 Å². The molecule has 0 bridgehead atoms. The summed E-state index contributed by atoms with van der Waals surface area (Å²) in [7, 11) is 0. The molecule has 0 N–H and O–H groups in total. The van der Waals surface area contributed by atoms with Crippen LogP contribution in [-0.4, -0.2) is 16.9 Å². The van der Waals surface area contributed by atoms with Gasteiger partial charge in [0, 0.05) is 0 Å². The SMILES string of the molecule is Cc1ccc(N2C(=O)C(=Cc3ccc(C(C)C)cc3)C(=O)N(c3ccc(C)cc3)C2=S)cc1. The molecule has 1 aliphatic rings. The van der Waals surface area contributed by atoms with E-state index >= 15 is 0 Å². The van der Waals surface area contributed by atoms with E-state index in [1.165, 1.54) is 15.4 Å². The lowest BCUT2D eigenvalue weighted by molar-refractivity contribution is -0.120. The van der Waals surface area contributed by atoms with Gasteiger partial charge in [-0.1, -0.05) is 73.5 Å². The number of carbonyl (C=O) groups is 2. The summed E-state index contributed by atoms with van der Waals surface area (Å²) in [4.78, 5) is 30.0. The van der Waals surface area contributed by atoms with Gasteiger partial charge in [0.2, 0.25) is 0 Å². The number of anilines is 2. The molecule has 0 spiro atoms. The Balaban J connectivity index is 1.83. The highest BCUT2D eigenvalue weighted by molar-refractivity contribution is 7.81. The van der Waals surface area contributed by atoms with Crippen LogP contribution in [-0.2, 0) is 9.59 Å². The summed E-state index contributed by atoms with van der Waals surface area (Å²) in [5.74, 6) is -0.452. The fraction of sp³-hybridized carbons (Fsp3) is 0.179. The number of benzene rings is 3. The van der Waals surface area contributed by atoms with Crippen molar-refractivity contribution in [1.29, 1.82) is 0 Å². The third-order valence-electron chi connectivity index (χ3n) is 5.75. The van der Waals surface area contributed by atoms with Gasteiger partial charge in [-0.05, 0) is 73.5 Å². The van der Waals surface area contributed by atoms with Gasteiger partial charge in [-0.15, -0.1) is 0 Å². The van der Waals surface area contributed by atoms with Gasteiger partial charge in [0.1, 0.15) is 5.57 Å². The van der Waals surface area contributed by atoms with Crippen molar-refractivity contribution in [2.45, 2.75) is 33.6 Å². The second kappa shape index (κ2) is 9.12. The van der Waals surface area contributed by atoms with E-state index in [-0.39, 0.29) is 10.7 Å². The first-order chi connectivity index (χ1) is 15.8. The third kappa shape index (κ3) is 4.50. The van der Waals surface area contributed by atoms with E-state index in [1.54, 1.807) is 6.08 Å². The lowest BCUT2D eigenvalue weighted by Crippen LogP contribution is -2.56. The lowest BCUT2D eigenvalue weighted by atomic mass is 10.00. The maximum atomic E-state index is 13.6. The maximum Gasteiger partial charge on any atom is 0.270 e. The van der Waals surface area contributed by atoms with Crippen molar-refractivity contribution >= 4 is 46.6 Å². The van der Waals surface area contributed by atoms with E-state index in [1.807, 2.05) is 86.6 Å². The summed E-state index contributed by atoms with van der Waals surface area (Å²) in [6.07, 6.45) is 1.65. The van der Waals surface area contributed by atoms with Crippen LogP contribution in [0.5, 0.6) is 0 Å². The number of hydrogen-bond acceptors (Lipinski definition) is 3. The van der Waals surface area contributed by atoms with Gasteiger partial charge < -0.3 is 0 Å². The number of hydrogen-bond donors (Lipinski definition) is 0. The van der Waals surface area contributed by atoms with E-state index < -0.39 is 11.8 Å². The molecule has 0 radical (unpaired) electrons. The van der Waals surface area contributed by atoms with Crippen LogP contribution in [0.3, 0.4) is 0 Å². The summed E-state index contributed by atoms with van der Waals surface area (Å²) < 4.78 is 0.